The molecule has 0 aromatic rings. The third-order valence-corrected chi connectivity index (χ3v) is 2.75. The van der Waals surface area contributed by atoms with E-state index in [1.165, 1.54) is 0 Å². The minimum Gasteiger partial charge on any atom is -0.481 e. The number of nitrogens with one attached hydrogen (secondary N) is 2. The standard InChI is InChI=1S/C14H28N2O4/c1-2-3-11-20-12-7-10-16-14(19)15-9-6-4-5-8-13(17)18/h2-12H2,1H3,(H,17,18)(H2,15,16,19). The van der Waals surface area contributed by atoms with Crippen molar-refractivity contribution in [1.82, 2.24) is 10.6 Å². The Bertz CT molecular complexity index is 260. The van der Waals surface area contributed by atoms with Gasteiger partial charge in [-0.2, -0.15) is 0 Å². The second-order valence-electron chi connectivity index (χ2n) is 4.71. The first-order chi connectivity index (χ1) is 9.66. The summed E-state index contributed by atoms with van der Waals surface area (Å²) in [6.07, 6.45) is 5.51. The Morgan fingerprint density at radius 1 is 0.950 bits per heavy atom. The first-order valence-corrected chi connectivity index (χ1v) is 7.48. The molecule has 0 aromatic heterocycles. The number of amides is 2. The minimum absolute atomic E-state index is 0.170. The maximum absolute atomic E-state index is 11.4. The number of unbranched alkanes of at least 4 members (excludes halogenated alkanes) is 3. The lowest BCUT2D eigenvalue weighted by Gasteiger charge is -2.07. The van der Waals surface area contributed by atoms with E-state index >= 15 is 0 Å². The summed E-state index contributed by atoms with van der Waals surface area (Å²) >= 11 is 0. The molecular weight excluding hydrogens is 260 g/mol. The topological polar surface area (TPSA) is 87.7 Å². The average Bonchev–Trinajstić information content (AvgIpc) is 2.41. The van der Waals surface area contributed by atoms with Crippen LogP contribution in [0.25, 0.3) is 0 Å². The molecule has 118 valence electrons. The molecule has 0 unspecified atom stereocenters. The van der Waals surface area contributed by atoms with Crippen LogP contribution in [0.4, 0.5) is 4.79 Å². The number of carboxylic acids is 1. The first-order valence-electron chi connectivity index (χ1n) is 7.48. The van der Waals surface area contributed by atoms with Crippen molar-refractivity contribution < 1.29 is 19.4 Å². The Labute approximate surface area is 121 Å². The van der Waals surface area contributed by atoms with Crippen LogP contribution in [0.1, 0.15) is 51.9 Å². The van der Waals surface area contributed by atoms with Gasteiger partial charge in [-0.15, -0.1) is 0 Å². The molecule has 3 N–H and O–H groups in total. The largest absolute Gasteiger partial charge is 0.481 e. The number of rotatable bonds is 13. The highest BCUT2D eigenvalue weighted by Gasteiger charge is 1.99. The van der Waals surface area contributed by atoms with Gasteiger partial charge >= 0.3 is 12.0 Å². The molecule has 0 fully saturated rings. The third kappa shape index (κ3) is 14.8. The van der Waals surface area contributed by atoms with Gasteiger partial charge in [0, 0.05) is 32.7 Å². The van der Waals surface area contributed by atoms with Crippen LogP contribution in [0.15, 0.2) is 0 Å². The van der Waals surface area contributed by atoms with E-state index in [4.69, 9.17) is 9.84 Å². The lowest BCUT2D eigenvalue weighted by molar-refractivity contribution is -0.137. The summed E-state index contributed by atoms with van der Waals surface area (Å²) in [7, 11) is 0. The molecule has 0 saturated carbocycles. The maximum Gasteiger partial charge on any atom is 0.314 e. The number of hydrogen-bond donors (Lipinski definition) is 3. The zero-order valence-corrected chi connectivity index (χ0v) is 12.5. The molecule has 0 radical (unpaired) electrons. The Balaban J connectivity index is 3.19. The predicted octanol–water partition coefficient (Wildman–Crippen LogP) is 2.14. The summed E-state index contributed by atoms with van der Waals surface area (Å²) in [6, 6.07) is -0.170. The van der Waals surface area contributed by atoms with Crippen molar-refractivity contribution in [2.24, 2.45) is 0 Å². The molecule has 0 aromatic carbocycles. The number of ether oxygens (including phenoxy) is 1. The normalized spacial score (nSPS) is 10.2. The van der Waals surface area contributed by atoms with E-state index in [0.717, 1.165) is 38.7 Å². The molecular formula is C14H28N2O4. The van der Waals surface area contributed by atoms with E-state index in [-0.39, 0.29) is 12.5 Å². The van der Waals surface area contributed by atoms with E-state index in [0.29, 0.717) is 26.1 Å². The van der Waals surface area contributed by atoms with Gasteiger partial charge in [0.1, 0.15) is 0 Å². The monoisotopic (exact) mass is 288 g/mol. The van der Waals surface area contributed by atoms with Crippen molar-refractivity contribution in [2.45, 2.75) is 51.9 Å². The summed E-state index contributed by atoms with van der Waals surface area (Å²) in [5.74, 6) is -0.767. The van der Waals surface area contributed by atoms with E-state index < -0.39 is 5.97 Å². The van der Waals surface area contributed by atoms with Crippen LogP contribution in [0.5, 0.6) is 0 Å². The van der Waals surface area contributed by atoms with Gasteiger partial charge in [-0.3, -0.25) is 4.79 Å². The third-order valence-electron chi connectivity index (χ3n) is 2.75. The van der Waals surface area contributed by atoms with E-state index in [1.807, 2.05) is 0 Å². The van der Waals surface area contributed by atoms with Crippen molar-refractivity contribution in [1.29, 1.82) is 0 Å². The van der Waals surface area contributed by atoms with Crippen LogP contribution in [0.3, 0.4) is 0 Å². The lowest BCUT2D eigenvalue weighted by atomic mass is 10.2. The summed E-state index contributed by atoms with van der Waals surface area (Å²) in [5.41, 5.74) is 0. The Morgan fingerprint density at radius 2 is 1.60 bits per heavy atom. The van der Waals surface area contributed by atoms with Crippen LogP contribution in [0.2, 0.25) is 0 Å². The summed E-state index contributed by atoms with van der Waals surface area (Å²) in [4.78, 5) is 21.6. The fraction of sp³-hybridized carbons (Fsp3) is 0.857. The molecule has 2 amide bonds. The van der Waals surface area contributed by atoms with Crippen LogP contribution >= 0.6 is 0 Å². The fourth-order valence-electron chi connectivity index (χ4n) is 1.57. The van der Waals surface area contributed by atoms with Gasteiger partial charge in [-0.05, 0) is 25.7 Å². The number of hydrogen-bond acceptors (Lipinski definition) is 3. The highest BCUT2D eigenvalue weighted by molar-refractivity contribution is 5.73. The van der Waals surface area contributed by atoms with E-state index in [2.05, 4.69) is 17.6 Å². The summed E-state index contributed by atoms with van der Waals surface area (Å²) in [5, 5.41) is 14.0. The molecule has 0 heterocycles. The number of carboxylic acid groups (broad SMARTS) is 1. The maximum atomic E-state index is 11.4. The molecule has 0 aliphatic rings. The van der Waals surface area contributed by atoms with Crippen molar-refractivity contribution in [3.63, 3.8) is 0 Å². The number of carbonyl (C=O) groups excluding carboxylic acids is 1. The van der Waals surface area contributed by atoms with Gasteiger partial charge in [0.15, 0.2) is 0 Å². The average molecular weight is 288 g/mol. The fourth-order valence-corrected chi connectivity index (χ4v) is 1.57. The zero-order valence-electron chi connectivity index (χ0n) is 12.5. The van der Waals surface area contributed by atoms with Crippen LogP contribution < -0.4 is 10.6 Å². The summed E-state index contributed by atoms with van der Waals surface area (Å²) < 4.78 is 5.38. The first kappa shape index (κ1) is 18.7. The Kier molecular flexibility index (Phi) is 13.2. The quantitative estimate of drug-likeness (QED) is 0.453. The summed E-state index contributed by atoms with van der Waals surface area (Å²) in [6.45, 7) is 4.78. The van der Waals surface area contributed by atoms with Gasteiger partial charge in [-0.25, -0.2) is 4.79 Å². The highest BCUT2D eigenvalue weighted by atomic mass is 16.5. The van der Waals surface area contributed by atoms with Gasteiger partial charge in [0.05, 0.1) is 0 Å². The van der Waals surface area contributed by atoms with Crippen molar-refractivity contribution >= 4 is 12.0 Å². The molecule has 0 aliphatic heterocycles. The van der Waals surface area contributed by atoms with Gasteiger partial charge in [0.2, 0.25) is 0 Å². The van der Waals surface area contributed by atoms with Crippen LogP contribution in [-0.2, 0) is 9.53 Å². The molecule has 0 bridgehead atoms. The number of urea groups is 1. The van der Waals surface area contributed by atoms with Gasteiger partial charge < -0.3 is 20.5 Å². The van der Waals surface area contributed by atoms with Crippen molar-refractivity contribution in [3.05, 3.63) is 0 Å². The molecule has 20 heavy (non-hydrogen) atoms. The van der Waals surface area contributed by atoms with E-state index in [1.54, 1.807) is 0 Å². The second kappa shape index (κ2) is 14.1. The zero-order chi connectivity index (χ0) is 15.1. The lowest BCUT2D eigenvalue weighted by Crippen LogP contribution is -2.36. The molecule has 0 spiro atoms. The minimum atomic E-state index is -0.767. The molecule has 0 aliphatic carbocycles. The smallest absolute Gasteiger partial charge is 0.314 e. The molecule has 6 nitrogen and oxygen atoms in total. The van der Waals surface area contributed by atoms with Gasteiger partial charge in [0.25, 0.3) is 0 Å². The van der Waals surface area contributed by atoms with Crippen LogP contribution in [-0.4, -0.2) is 43.4 Å². The highest BCUT2D eigenvalue weighted by Crippen LogP contribution is 1.98. The molecule has 0 rings (SSSR count). The molecule has 0 atom stereocenters. The molecule has 6 heteroatoms. The molecule has 0 saturated heterocycles. The van der Waals surface area contributed by atoms with E-state index in [9.17, 15) is 9.59 Å². The second-order valence-corrected chi connectivity index (χ2v) is 4.71. The number of carbonyl (C=O) groups is 2. The van der Waals surface area contributed by atoms with Crippen LogP contribution in [0, 0.1) is 0 Å². The number of aliphatic carboxylic acids is 1. The SMILES string of the molecule is CCCCOCCCNC(=O)NCCCCCC(=O)O. The predicted molar refractivity (Wildman–Crippen MR) is 77.8 cm³/mol. The van der Waals surface area contributed by atoms with Crippen molar-refractivity contribution in [3.8, 4) is 0 Å². The Hall–Kier alpha value is -1.30. The van der Waals surface area contributed by atoms with Gasteiger partial charge in [-0.1, -0.05) is 19.8 Å². The Morgan fingerprint density at radius 3 is 2.25 bits per heavy atom. The van der Waals surface area contributed by atoms with Crippen molar-refractivity contribution in [2.75, 3.05) is 26.3 Å².